The third-order valence-corrected chi connectivity index (χ3v) is 5.75. The molecule has 1 N–H and O–H groups in total. The molecule has 0 aliphatic rings. The van der Waals surface area contributed by atoms with Gasteiger partial charge in [-0.2, -0.15) is 0 Å². The zero-order chi connectivity index (χ0) is 19.4. The Balaban J connectivity index is 1.75. The first kappa shape index (κ1) is 20.0. The van der Waals surface area contributed by atoms with Crippen LogP contribution >= 0.6 is 27.5 Å². The SMILES string of the molecule is CC(=O)NCCc1cn(CCCc2cc(C)ccc2Br)c2ccc(Cl)cc12. The molecule has 1 amide bonds. The first-order valence-electron chi connectivity index (χ1n) is 9.21. The summed E-state index contributed by atoms with van der Waals surface area (Å²) < 4.78 is 3.48. The van der Waals surface area contributed by atoms with E-state index in [9.17, 15) is 4.79 Å². The second-order valence-corrected chi connectivity index (χ2v) is 8.23. The van der Waals surface area contributed by atoms with Crippen LogP contribution in [0.5, 0.6) is 0 Å². The molecule has 3 nitrogen and oxygen atoms in total. The van der Waals surface area contributed by atoms with Crippen LogP contribution in [0.25, 0.3) is 10.9 Å². The van der Waals surface area contributed by atoms with Crippen molar-refractivity contribution in [2.24, 2.45) is 0 Å². The molecule has 0 saturated heterocycles. The number of nitrogens with one attached hydrogen (secondary N) is 1. The number of hydrogen-bond donors (Lipinski definition) is 1. The van der Waals surface area contributed by atoms with Gasteiger partial charge in [0.25, 0.3) is 0 Å². The molecule has 0 aliphatic heterocycles. The molecule has 0 spiro atoms. The number of halogens is 2. The van der Waals surface area contributed by atoms with Gasteiger partial charge in [-0.05, 0) is 61.6 Å². The summed E-state index contributed by atoms with van der Waals surface area (Å²) in [5.41, 5.74) is 5.05. The minimum atomic E-state index is 0.000465. The molecule has 0 saturated carbocycles. The molecule has 0 radical (unpaired) electrons. The van der Waals surface area contributed by atoms with E-state index in [0.29, 0.717) is 6.54 Å². The first-order valence-corrected chi connectivity index (χ1v) is 10.4. The maximum absolute atomic E-state index is 11.1. The van der Waals surface area contributed by atoms with Crippen LogP contribution in [-0.2, 0) is 24.2 Å². The fourth-order valence-electron chi connectivity index (χ4n) is 3.44. The lowest BCUT2D eigenvalue weighted by Gasteiger charge is -2.08. The fraction of sp³-hybridized carbons (Fsp3) is 0.318. The monoisotopic (exact) mass is 446 g/mol. The second kappa shape index (κ2) is 8.94. The quantitative estimate of drug-likeness (QED) is 0.497. The van der Waals surface area contributed by atoms with Crippen LogP contribution in [0.3, 0.4) is 0 Å². The number of fused-ring (bicyclic) bond motifs is 1. The predicted octanol–water partition coefficient (Wildman–Crippen LogP) is 5.68. The van der Waals surface area contributed by atoms with Crippen molar-refractivity contribution in [3.63, 3.8) is 0 Å². The predicted molar refractivity (Wildman–Crippen MR) is 117 cm³/mol. The highest BCUT2D eigenvalue weighted by molar-refractivity contribution is 9.10. The van der Waals surface area contributed by atoms with Gasteiger partial charge in [-0.1, -0.05) is 45.2 Å². The van der Waals surface area contributed by atoms with Gasteiger partial charge < -0.3 is 9.88 Å². The van der Waals surface area contributed by atoms with Crippen molar-refractivity contribution in [2.75, 3.05) is 6.54 Å². The summed E-state index contributed by atoms with van der Waals surface area (Å²) in [6.45, 7) is 5.25. The topological polar surface area (TPSA) is 34.0 Å². The highest BCUT2D eigenvalue weighted by Crippen LogP contribution is 2.26. The third kappa shape index (κ3) is 5.14. The van der Waals surface area contributed by atoms with Crippen LogP contribution in [-0.4, -0.2) is 17.0 Å². The van der Waals surface area contributed by atoms with Crippen molar-refractivity contribution >= 4 is 44.3 Å². The molecule has 0 atom stereocenters. The van der Waals surface area contributed by atoms with Gasteiger partial charge in [0.2, 0.25) is 5.91 Å². The molecule has 5 heteroatoms. The summed E-state index contributed by atoms with van der Waals surface area (Å²) in [6, 6.07) is 12.5. The third-order valence-electron chi connectivity index (χ3n) is 4.74. The molecule has 0 fully saturated rings. The summed E-state index contributed by atoms with van der Waals surface area (Å²) >= 11 is 9.87. The van der Waals surface area contributed by atoms with Crippen molar-refractivity contribution in [3.8, 4) is 0 Å². The Morgan fingerprint density at radius 1 is 1.15 bits per heavy atom. The molecule has 2 aromatic carbocycles. The van der Waals surface area contributed by atoms with Crippen molar-refractivity contribution < 1.29 is 4.79 Å². The Labute approximate surface area is 173 Å². The molecular weight excluding hydrogens is 424 g/mol. The lowest BCUT2D eigenvalue weighted by atomic mass is 10.1. The van der Waals surface area contributed by atoms with Crippen LogP contribution in [0.15, 0.2) is 47.1 Å². The molecule has 0 bridgehead atoms. The summed E-state index contributed by atoms with van der Waals surface area (Å²) in [4.78, 5) is 11.1. The molecule has 1 heterocycles. The van der Waals surface area contributed by atoms with E-state index < -0.39 is 0 Å². The maximum Gasteiger partial charge on any atom is 0.216 e. The molecular formula is C22H24BrClN2O. The zero-order valence-electron chi connectivity index (χ0n) is 15.7. The van der Waals surface area contributed by atoms with E-state index >= 15 is 0 Å². The average molecular weight is 448 g/mol. The largest absolute Gasteiger partial charge is 0.356 e. The average Bonchev–Trinajstić information content (AvgIpc) is 2.95. The Kier molecular flexibility index (Phi) is 6.61. The van der Waals surface area contributed by atoms with E-state index in [2.05, 4.69) is 63.2 Å². The number of carbonyl (C=O) groups excluding carboxylic acids is 1. The summed E-state index contributed by atoms with van der Waals surface area (Å²) in [5.74, 6) is 0.000465. The van der Waals surface area contributed by atoms with Gasteiger partial charge in [0.15, 0.2) is 0 Å². The van der Waals surface area contributed by atoms with E-state index in [4.69, 9.17) is 11.6 Å². The van der Waals surface area contributed by atoms with Gasteiger partial charge in [-0.3, -0.25) is 4.79 Å². The van der Waals surface area contributed by atoms with Crippen molar-refractivity contribution in [2.45, 2.75) is 39.7 Å². The molecule has 1 aromatic heterocycles. The van der Waals surface area contributed by atoms with Gasteiger partial charge in [0, 0.05) is 46.6 Å². The maximum atomic E-state index is 11.1. The number of amides is 1. The summed E-state index contributed by atoms with van der Waals surface area (Å²) in [6.07, 6.45) is 5.08. The lowest BCUT2D eigenvalue weighted by molar-refractivity contribution is -0.118. The number of nitrogens with zero attached hydrogens (tertiary/aromatic N) is 1. The lowest BCUT2D eigenvalue weighted by Crippen LogP contribution is -2.22. The number of aromatic nitrogens is 1. The molecule has 3 rings (SSSR count). The smallest absolute Gasteiger partial charge is 0.216 e. The van der Waals surface area contributed by atoms with Crippen molar-refractivity contribution in [1.82, 2.24) is 9.88 Å². The van der Waals surface area contributed by atoms with Crippen LogP contribution in [0, 0.1) is 6.92 Å². The van der Waals surface area contributed by atoms with E-state index in [0.717, 1.165) is 30.8 Å². The number of benzene rings is 2. The van der Waals surface area contributed by atoms with Gasteiger partial charge >= 0.3 is 0 Å². The molecule has 142 valence electrons. The van der Waals surface area contributed by atoms with Gasteiger partial charge in [-0.15, -0.1) is 0 Å². The number of hydrogen-bond acceptors (Lipinski definition) is 1. The van der Waals surface area contributed by atoms with Crippen LogP contribution in [0.1, 0.15) is 30.0 Å². The Morgan fingerprint density at radius 2 is 1.96 bits per heavy atom. The fourth-order valence-corrected chi connectivity index (χ4v) is 4.05. The Morgan fingerprint density at radius 3 is 2.74 bits per heavy atom. The van der Waals surface area contributed by atoms with E-state index in [-0.39, 0.29) is 5.91 Å². The van der Waals surface area contributed by atoms with Crippen LogP contribution in [0.4, 0.5) is 0 Å². The van der Waals surface area contributed by atoms with Crippen molar-refractivity contribution in [1.29, 1.82) is 0 Å². The Hall–Kier alpha value is -1.78. The highest BCUT2D eigenvalue weighted by Gasteiger charge is 2.10. The Bertz CT molecular complexity index is 964. The summed E-state index contributed by atoms with van der Waals surface area (Å²) in [7, 11) is 0. The highest BCUT2D eigenvalue weighted by atomic mass is 79.9. The van der Waals surface area contributed by atoms with Crippen LogP contribution < -0.4 is 5.32 Å². The zero-order valence-corrected chi connectivity index (χ0v) is 18.0. The van der Waals surface area contributed by atoms with E-state index in [1.165, 1.54) is 32.1 Å². The van der Waals surface area contributed by atoms with Gasteiger partial charge in [0.1, 0.15) is 0 Å². The van der Waals surface area contributed by atoms with Crippen LogP contribution in [0.2, 0.25) is 5.02 Å². The van der Waals surface area contributed by atoms with Gasteiger partial charge in [-0.25, -0.2) is 0 Å². The molecule has 0 unspecified atom stereocenters. The summed E-state index contributed by atoms with van der Waals surface area (Å²) in [5, 5.41) is 4.78. The number of aryl methyl sites for hydroxylation is 3. The molecule has 3 aromatic rings. The standard InChI is InChI=1S/C22H24BrClN2O/c1-15-5-7-21(23)17(12-15)4-3-11-26-14-18(9-10-25-16(2)27)20-13-19(24)6-8-22(20)26/h5-8,12-14H,3-4,9-11H2,1-2H3,(H,25,27). The first-order chi connectivity index (χ1) is 12.9. The number of rotatable bonds is 7. The van der Waals surface area contributed by atoms with Crippen molar-refractivity contribution in [3.05, 3.63) is 68.8 Å². The normalized spacial score (nSPS) is 11.1. The molecule has 27 heavy (non-hydrogen) atoms. The van der Waals surface area contributed by atoms with E-state index in [1.54, 1.807) is 6.92 Å². The minimum absolute atomic E-state index is 0.000465. The van der Waals surface area contributed by atoms with E-state index in [1.807, 2.05) is 12.1 Å². The second-order valence-electron chi connectivity index (χ2n) is 6.94. The molecule has 0 aliphatic carbocycles. The van der Waals surface area contributed by atoms with Gasteiger partial charge in [0.05, 0.1) is 0 Å². The minimum Gasteiger partial charge on any atom is -0.356 e. The number of carbonyl (C=O) groups is 1.